The van der Waals surface area contributed by atoms with Crippen LogP contribution in [0.25, 0.3) is 0 Å². The SMILES string of the molecule is CC(CI)OC(C)S(=O)(=O)F. The van der Waals surface area contributed by atoms with Gasteiger partial charge in [0.25, 0.3) is 0 Å². The van der Waals surface area contributed by atoms with E-state index in [4.69, 9.17) is 4.74 Å². The van der Waals surface area contributed by atoms with Crippen molar-refractivity contribution in [3.05, 3.63) is 0 Å². The van der Waals surface area contributed by atoms with E-state index in [1.165, 1.54) is 6.92 Å². The Balaban J connectivity index is 3.98. The first kappa shape index (κ1) is 11.6. The fraction of sp³-hybridized carbons (Fsp3) is 1.00. The maximum absolute atomic E-state index is 12.1. The van der Waals surface area contributed by atoms with Gasteiger partial charge < -0.3 is 4.74 Å². The predicted octanol–water partition coefficient (Wildman–Crippen LogP) is 1.47. The third-order valence-corrected chi connectivity index (χ3v) is 3.18. The van der Waals surface area contributed by atoms with Gasteiger partial charge in [-0.25, -0.2) is 0 Å². The molecule has 0 rings (SSSR count). The van der Waals surface area contributed by atoms with Crippen molar-refractivity contribution in [2.75, 3.05) is 4.43 Å². The second-order valence-electron chi connectivity index (χ2n) is 2.14. The summed E-state index contributed by atoms with van der Waals surface area (Å²) in [6, 6.07) is 0. The molecule has 0 aliphatic rings. The third-order valence-electron chi connectivity index (χ3n) is 1.04. The lowest BCUT2D eigenvalue weighted by Crippen LogP contribution is -2.23. The van der Waals surface area contributed by atoms with Gasteiger partial charge in [-0.05, 0) is 13.8 Å². The first-order valence-corrected chi connectivity index (χ1v) is 6.00. The van der Waals surface area contributed by atoms with Crippen molar-refractivity contribution in [2.45, 2.75) is 25.4 Å². The van der Waals surface area contributed by atoms with E-state index in [-0.39, 0.29) is 6.10 Å². The quantitative estimate of drug-likeness (QED) is 0.448. The Labute approximate surface area is 79.7 Å². The topological polar surface area (TPSA) is 43.4 Å². The van der Waals surface area contributed by atoms with E-state index >= 15 is 0 Å². The summed E-state index contributed by atoms with van der Waals surface area (Å²) in [5.41, 5.74) is -1.35. The minimum atomic E-state index is -4.53. The summed E-state index contributed by atoms with van der Waals surface area (Å²) in [7, 11) is -4.53. The summed E-state index contributed by atoms with van der Waals surface area (Å²) >= 11 is 2.03. The fourth-order valence-corrected chi connectivity index (χ4v) is 0.960. The van der Waals surface area contributed by atoms with Crippen LogP contribution in [0, 0.1) is 0 Å². The van der Waals surface area contributed by atoms with E-state index in [1.54, 1.807) is 6.92 Å². The molecule has 3 nitrogen and oxygen atoms in total. The molecule has 0 amide bonds. The smallest absolute Gasteiger partial charge is 0.329 e. The summed E-state index contributed by atoms with van der Waals surface area (Å²) in [5, 5.41) is 0. The van der Waals surface area contributed by atoms with E-state index in [2.05, 4.69) is 0 Å². The molecular formula is C5H10FIO3S. The van der Waals surface area contributed by atoms with Crippen molar-refractivity contribution in [3.8, 4) is 0 Å². The van der Waals surface area contributed by atoms with Gasteiger partial charge in [-0.3, -0.25) is 0 Å². The molecular weight excluding hydrogens is 286 g/mol. The molecule has 0 aliphatic carbocycles. The van der Waals surface area contributed by atoms with Gasteiger partial charge in [0, 0.05) is 4.43 Å². The van der Waals surface area contributed by atoms with Gasteiger partial charge in [-0.15, -0.1) is 3.89 Å². The highest BCUT2D eigenvalue weighted by atomic mass is 127. The van der Waals surface area contributed by atoms with Crippen LogP contribution in [-0.4, -0.2) is 24.4 Å². The van der Waals surface area contributed by atoms with E-state index in [0.29, 0.717) is 4.43 Å². The summed E-state index contributed by atoms with van der Waals surface area (Å²) in [4.78, 5) is 0. The molecule has 68 valence electrons. The van der Waals surface area contributed by atoms with Gasteiger partial charge in [-0.1, -0.05) is 22.6 Å². The Kier molecular flexibility index (Phi) is 4.80. The minimum Gasteiger partial charge on any atom is -0.356 e. The average molecular weight is 296 g/mol. The van der Waals surface area contributed by atoms with E-state index in [9.17, 15) is 12.3 Å². The zero-order chi connectivity index (χ0) is 9.07. The largest absolute Gasteiger partial charge is 0.356 e. The Bertz CT molecular complexity index is 204. The van der Waals surface area contributed by atoms with Gasteiger partial charge >= 0.3 is 10.2 Å². The average Bonchev–Trinajstić information content (AvgIpc) is 1.85. The molecule has 0 fully saturated rings. The number of hydrogen-bond donors (Lipinski definition) is 0. The van der Waals surface area contributed by atoms with Gasteiger partial charge in [0.1, 0.15) is 0 Å². The lowest BCUT2D eigenvalue weighted by molar-refractivity contribution is 0.0653. The highest BCUT2D eigenvalue weighted by Crippen LogP contribution is 2.08. The molecule has 0 bridgehead atoms. The molecule has 0 N–H and O–H groups in total. The van der Waals surface area contributed by atoms with Crippen LogP contribution in [0.5, 0.6) is 0 Å². The fourth-order valence-electron chi connectivity index (χ4n) is 0.430. The molecule has 2 atom stereocenters. The lowest BCUT2D eigenvalue weighted by atomic mass is 10.5. The Hall–Kier alpha value is 0.570. The molecule has 0 aromatic rings. The van der Waals surface area contributed by atoms with Crippen molar-refractivity contribution in [3.63, 3.8) is 0 Å². The zero-order valence-corrected chi connectivity index (χ0v) is 9.22. The molecule has 0 radical (unpaired) electrons. The van der Waals surface area contributed by atoms with Crippen molar-refractivity contribution < 1.29 is 17.0 Å². The summed E-state index contributed by atoms with van der Waals surface area (Å²) in [5.74, 6) is 0. The summed E-state index contributed by atoms with van der Waals surface area (Å²) in [6.07, 6.45) is -0.240. The van der Waals surface area contributed by atoms with Crippen molar-refractivity contribution >= 4 is 32.8 Å². The number of ether oxygens (including phenoxy) is 1. The van der Waals surface area contributed by atoms with Crippen molar-refractivity contribution in [1.82, 2.24) is 0 Å². The summed E-state index contributed by atoms with van der Waals surface area (Å²) < 4.78 is 37.9. The maximum atomic E-state index is 12.1. The van der Waals surface area contributed by atoms with Crippen molar-refractivity contribution in [2.24, 2.45) is 0 Å². The molecule has 0 aliphatic heterocycles. The van der Waals surface area contributed by atoms with Gasteiger partial charge in [0.05, 0.1) is 6.10 Å². The molecule has 0 spiro atoms. The Morgan fingerprint density at radius 1 is 1.55 bits per heavy atom. The number of alkyl halides is 1. The monoisotopic (exact) mass is 296 g/mol. The highest BCUT2D eigenvalue weighted by molar-refractivity contribution is 14.1. The Morgan fingerprint density at radius 3 is 2.27 bits per heavy atom. The molecule has 2 unspecified atom stereocenters. The number of rotatable bonds is 4. The Morgan fingerprint density at radius 2 is 2.00 bits per heavy atom. The van der Waals surface area contributed by atoms with Crippen LogP contribution in [0.1, 0.15) is 13.8 Å². The number of hydrogen-bond acceptors (Lipinski definition) is 3. The summed E-state index contributed by atoms with van der Waals surface area (Å²) in [6.45, 7) is 2.87. The first-order valence-electron chi connectivity index (χ1n) is 3.02. The van der Waals surface area contributed by atoms with E-state index in [1.807, 2.05) is 22.6 Å². The first-order chi connectivity index (χ1) is 4.88. The lowest BCUT2D eigenvalue weighted by Gasteiger charge is -2.13. The van der Waals surface area contributed by atoms with Gasteiger partial charge in [0.2, 0.25) is 0 Å². The van der Waals surface area contributed by atoms with E-state index < -0.39 is 15.7 Å². The molecule has 0 saturated heterocycles. The number of halogens is 2. The molecule has 6 heteroatoms. The molecule has 0 saturated carbocycles. The van der Waals surface area contributed by atoms with Crippen LogP contribution in [0.3, 0.4) is 0 Å². The second-order valence-corrected chi connectivity index (χ2v) is 4.64. The minimum absolute atomic E-state index is 0.240. The third kappa shape index (κ3) is 4.91. The second kappa shape index (κ2) is 4.56. The van der Waals surface area contributed by atoms with Crippen LogP contribution >= 0.6 is 22.6 Å². The predicted molar refractivity (Wildman–Crippen MR) is 48.9 cm³/mol. The molecule has 0 aromatic heterocycles. The van der Waals surface area contributed by atoms with Crippen LogP contribution in [0.2, 0.25) is 0 Å². The molecule has 0 aromatic carbocycles. The van der Waals surface area contributed by atoms with Crippen LogP contribution < -0.4 is 0 Å². The maximum Gasteiger partial charge on any atom is 0.329 e. The molecule has 11 heavy (non-hydrogen) atoms. The highest BCUT2D eigenvalue weighted by Gasteiger charge is 2.21. The van der Waals surface area contributed by atoms with E-state index in [0.717, 1.165) is 0 Å². The van der Waals surface area contributed by atoms with Gasteiger partial charge in [-0.2, -0.15) is 8.42 Å². The van der Waals surface area contributed by atoms with Crippen LogP contribution in [0.4, 0.5) is 3.89 Å². The zero-order valence-electron chi connectivity index (χ0n) is 6.25. The molecule has 0 heterocycles. The van der Waals surface area contributed by atoms with Gasteiger partial charge in [0.15, 0.2) is 5.44 Å². The van der Waals surface area contributed by atoms with Crippen LogP contribution in [-0.2, 0) is 15.0 Å². The van der Waals surface area contributed by atoms with Crippen molar-refractivity contribution in [1.29, 1.82) is 0 Å². The van der Waals surface area contributed by atoms with Crippen LogP contribution in [0.15, 0.2) is 0 Å². The normalized spacial score (nSPS) is 17.8. The standard InChI is InChI=1S/C5H10FIO3S/c1-4(3-7)10-5(2)11(6,8)9/h4-5H,3H2,1-2H3.